The fourth-order valence-corrected chi connectivity index (χ4v) is 4.76. The van der Waals surface area contributed by atoms with E-state index in [4.69, 9.17) is 4.98 Å². The Balaban J connectivity index is 1.69. The normalized spacial score (nSPS) is 14.8. The lowest BCUT2D eigenvalue weighted by molar-refractivity contribution is -0.135. The lowest BCUT2D eigenvalue weighted by atomic mass is 10.1. The highest BCUT2D eigenvalue weighted by atomic mass is 32.1. The molecule has 4 rings (SSSR count). The molecule has 1 saturated heterocycles. The Morgan fingerprint density at radius 3 is 2.29 bits per heavy atom. The third-order valence-electron chi connectivity index (χ3n) is 5.65. The van der Waals surface area contributed by atoms with Crippen LogP contribution in [0.15, 0.2) is 24.4 Å². The minimum absolute atomic E-state index is 0.0260. The number of aryl methyl sites for hydroxylation is 1. The van der Waals surface area contributed by atoms with Crippen LogP contribution in [-0.2, 0) is 4.79 Å². The molecular formula is C23H29N5O2S. The molecule has 0 bridgehead atoms. The molecule has 8 heteroatoms. The van der Waals surface area contributed by atoms with E-state index in [1.807, 2.05) is 34.4 Å². The maximum atomic E-state index is 13.6. The predicted octanol–water partition coefficient (Wildman–Crippen LogP) is 3.99. The van der Waals surface area contributed by atoms with Gasteiger partial charge in [-0.3, -0.25) is 9.59 Å². The molecule has 0 aromatic carbocycles. The highest BCUT2D eigenvalue weighted by Crippen LogP contribution is 2.31. The number of thiophene rings is 1. The minimum atomic E-state index is -0.0271. The van der Waals surface area contributed by atoms with E-state index in [9.17, 15) is 9.59 Å². The zero-order chi connectivity index (χ0) is 22.3. The number of piperazine rings is 1. The summed E-state index contributed by atoms with van der Waals surface area (Å²) in [5.74, 6) is 0.0922. The topological polar surface area (TPSA) is 71.3 Å². The number of aromatic nitrogens is 3. The van der Waals surface area contributed by atoms with Gasteiger partial charge in [0.15, 0.2) is 5.65 Å². The van der Waals surface area contributed by atoms with E-state index in [1.165, 1.54) is 4.88 Å². The van der Waals surface area contributed by atoms with E-state index in [2.05, 4.69) is 38.0 Å². The van der Waals surface area contributed by atoms with Crippen LogP contribution in [-0.4, -0.2) is 62.6 Å². The summed E-state index contributed by atoms with van der Waals surface area (Å²) in [5.41, 5.74) is 2.15. The average Bonchev–Trinajstić information content (AvgIpc) is 3.38. The van der Waals surface area contributed by atoms with Gasteiger partial charge < -0.3 is 9.80 Å². The van der Waals surface area contributed by atoms with E-state index >= 15 is 0 Å². The van der Waals surface area contributed by atoms with Crippen LogP contribution in [0.4, 0.5) is 0 Å². The molecule has 0 unspecified atom stereocenters. The van der Waals surface area contributed by atoms with Crippen LogP contribution in [0.3, 0.4) is 0 Å². The van der Waals surface area contributed by atoms with Crippen LogP contribution in [0.2, 0.25) is 0 Å². The molecule has 0 N–H and O–H groups in total. The molecule has 1 aliphatic heterocycles. The van der Waals surface area contributed by atoms with Crippen molar-refractivity contribution in [2.45, 2.75) is 40.7 Å². The first kappa shape index (κ1) is 21.5. The van der Waals surface area contributed by atoms with Crippen molar-refractivity contribution in [2.75, 3.05) is 26.2 Å². The number of pyridine rings is 1. The van der Waals surface area contributed by atoms with E-state index in [0.29, 0.717) is 31.7 Å². The third kappa shape index (κ3) is 4.08. The molecule has 7 nitrogen and oxygen atoms in total. The molecule has 3 aromatic rings. The van der Waals surface area contributed by atoms with Crippen molar-refractivity contribution in [3.63, 3.8) is 0 Å². The molecular weight excluding hydrogens is 410 g/mol. The summed E-state index contributed by atoms with van der Waals surface area (Å²) in [4.78, 5) is 36.7. The van der Waals surface area contributed by atoms with Crippen LogP contribution < -0.4 is 0 Å². The molecule has 0 saturated carbocycles. The molecule has 0 spiro atoms. The second-order valence-electron chi connectivity index (χ2n) is 8.66. The standard InChI is InChI=1S/C23H29N5O2S/c1-14(2)22(29)26-8-10-27(11-9-26)23(30)17-12-19(20-7-6-16(5)31-20)25-21-18(17)13-24-28(21)15(3)4/h6-7,12-15H,8-11H2,1-5H3. The van der Waals surface area contributed by atoms with Gasteiger partial charge in [-0.25, -0.2) is 9.67 Å². The Morgan fingerprint density at radius 2 is 1.71 bits per heavy atom. The van der Waals surface area contributed by atoms with E-state index in [-0.39, 0.29) is 23.8 Å². The summed E-state index contributed by atoms with van der Waals surface area (Å²) in [6.45, 7) is 12.2. The third-order valence-corrected chi connectivity index (χ3v) is 6.67. The fourth-order valence-electron chi connectivity index (χ4n) is 3.94. The molecule has 0 radical (unpaired) electrons. The van der Waals surface area contributed by atoms with Gasteiger partial charge in [0.2, 0.25) is 5.91 Å². The number of hydrogen-bond acceptors (Lipinski definition) is 5. The van der Waals surface area contributed by atoms with Gasteiger partial charge in [0.1, 0.15) is 0 Å². The highest BCUT2D eigenvalue weighted by molar-refractivity contribution is 7.15. The first-order chi connectivity index (χ1) is 14.8. The zero-order valence-electron chi connectivity index (χ0n) is 18.8. The van der Waals surface area contributed by atoms with Crippen LogP contribution in [0, 0.1) is 12.8 Å². The summed E-state index contributed by atoms with van der Waals surface area (Å²) in [6, 6.07) is 6.15. The Bertz CT molecular complexity index is 1120. The lowest BCUT2D eigenvalue weighted by Gasteiger charge is -2.35. The Kier molecular flexibility index (Phi) is 5.83. The maximum Gasteiger partial charge on any atom is 0.254 e. The van der Waals surface area contributed by atoms with E-state index in [1.54, 1.807) is 17.5 Å². The summed E-state index contributed by atoms with van der Waals surface area (Å²) in [7, 11) is 0. The quantitative estimate of drug-likeness (QED) is 0.616. The summed E-state index contributed by atoms with van der Waals surface area (Å²) < 4.78 is 1.87. The van der Waals surface area contributed by atoms with Gasteiger partial charge in [-0.15, -0.1) is 11.3 Å². The highest BCUT2D eigenvalue weighted by Gasteiger charge is 2.28. The van der Waals surface area contributed by atoms with Crippen LogP contribution >= 0.6 is 11.3 Å². The first-order valence-electron chi connectivity index (χ1n) is 10.8. The van der Waals surface area contributed by atoms with Gasteiger partial charge in [0.25, 0.3) is 5.91 Å². The smallest absolute Gasteiger partial charge is 0.254 e. The summed E-state index contributed by atoms with van der Waals surface area (Å²) in [5, 5.41) is 5.29. The van der Waals surface area contributed by atoms with Gasteiger partial charge in [-0.05, 0) is 39.0 Å². The Hall–Kier alpha value is -2.74. The number of hydrogen-bond donors (Lipinski definition) is 0. The molecule has 1 fully saturated rings. The lowest BCUT2D eigenvalue weighted by Crippen LogP contribution is -2.51. The Labute approximate surface area is 186 Å². The second kappa shape index (κ2) is 8.42. The number of carbonyl (C=O) groups excluding carboxylic acids is 2. The van der Waals surface area contributed by atoms with E-state index in [0.717, 1.165) is 21.6 Å². The minimum Gasteiger partial charge on any atom is -0.339 e. The number of rotatable bonds is 4. The maximum absolute atomic E-state index is 13.6. The Morgan fingerprint density at radius 1 is 1.03 bits per heavy atom. The second-order valence-corrected chi connectivity index (χ2v) is 9.95. The fraction of sp³-hybridized carbons (Fsp3) is 0.478. The molecule has 164 valence electrons. The number of amides is 2. The largest absolute Gasteiger partial charge is 0.339 e. The number of fused-ring (bicyclic) bond motifs is 1. The average molecular weight is 440 g/mol. The summed E-state index contributed by atoms with van der Waals surface area (Å²) in [6.07, 6.45) is 1.75. The number of carbonyl (C=O) groups is 2. The SMILES string of the molecule is Cc1ccc(-c2cc(C(=O)N3CCN(C(=O)C(C)C)CC3)c3cnn(C(C)C)c3n2)s1. The van der Waals surface area contributed by atoms with Gasteiger partial charge in [0, 0.05) is 43.0 Å². The van der Waals surface area contributed by atoms with Crippen LogP contribution in [0.5, 0.6) is 0 Å². The van der Waals surface area contributed by atoms with Crippen molar-refractivity contribution in [3.8, 4) is 10.6 Å². The number of nitrogens with zero attached hydrogens (tertiary/aromatic N) is 5. The van der Waals surface area contributed by atoms with Crippen LogP contribution in [0.25, 0.3) is 21.6 Å². The monoisotopic (exact) mass is 439 g/mol. The van der Waals surface area contributed by atoms with Crippen molar-refractivity contribution in [1.82, 2.24) is 24.6 Å². The van der Waals surface area contributed by atoms with Gasteiger partial charge in [-0.2, -0.15) is 5.10 Å². The molecule has 3 aromatic heterocycles. The van der Waals surface area contributed by atoms with Crippen molar-refractivity contribution >= 4 is 34.2 Å². The molecule has 1 aliphatic rings. The van der Waals surface area contributed by atoms with Gasteiger partial charge >= 0.3 is 0 Å². The van der Waals surface area contributed by atoms with Crippen molar-refractivity contribution in [3.05, 3.63) is 34.8 Å². The summed E-state index contributed by atoms with van der Waals surface area (Å²) >= 11 is 1.67. The molecule has 0 aliphatic carbocycles. The van der Waals surface area contributed by atoms with Crippen molar-refractivity contribution in [1.29, 1.82) is 0 Å². The molecule has 31 heavy (non-hydrogen) atoms. The van der Waals surface area contributed by atoms with Gasteiger partial charge in [-0.1, -0.05) is 13.8 Å². The molecule has 4 heterocycles. The van der Waals surface area contributed by atoms with E-state index < -0.39 is 0 Å². The predicted molar refractivity (Wildman–Crippen MR) is 123 cm³/mol. The van der Waals surface area contributed by atoms with Crippen molar-refractivity contribution < 1.29 is 9.59 Å². The molecule has 0 atom stereocenters. The van der Waals surface area contributed by atoms with Crippen LogP contribution in [0.1, 0.15) is 49.0 Å². The van der Waals surface area contributed by atoms with Crippen molar-refractivity contribution in [2.24, 2.45) is 5.92 Å². The zero-order valence-corrected chi connectivity index (χ0v) is 19.6. The van der Waals surface area contributed by atoms with Gasteiger partial charge in [0.05, 0.1) is 27.7 Å². The molecule has 2 amide bonds. The first-order valence-corrected chi connectivity index (χ1v) is 11.6.